The van der Waals surface area contributed by atoms with Gasteiger partial charge in [0, 0.05) is 58.5 Å². The van der Waals surface area contributed by atoms with Gasteiger partial charge in [0.15, 0.2) is 17.4 Å². The molecule has 0 unspecified atom stereocenters. The van der Waals surface area contributed by atoms with E-state index in [1.54, 1.807) is 10.8 Å². The summed E-state index contributed by atoms with van der Waals surface area (Å²) in [5.74, 6) is -2.66. The predicted molar refractivity (Wildman–Crippen MR) is 134 cm³/mol. The van der Waals surface area contributed by atoms with Gasteiger partial charge in [-0.2, -0.15) is 5.26 Å². The molecule has 9 nitrogen and oxygen atoms in total. The molecule has 2 heterocycles. The van der Waals surface area contributed by atoms with Crippen LogP contribution in [0.3, 0.4) is 0 Å². The number of benzene rings is 1. The Labute approximate surface area is 209 Å². The molecule has 0 radical (unpaired) electrons. The molecule has 2 N–H and O–H groups in total. The number of hydrogen-bond donors (Lipinski definition) is 2. The number of aromatic nitrogens is 2. The third-order valence-electron chi connectivity index (χ3n) is 5.13. The quantitative estimate of drug-likeness (QED) is 0.272. The van der Waals surface area contributed by atoms with Crippen LogP contribution in [0.2, 0.25) is 25.7 Å². The molecule has 3 rings (SSSR count). The molecule has 0 saturated heterocycles. The van der Waals surface area contributed by atoms with Gasteiger partial charge in [0.25, 0.3) is 0 Å². The lowest BCUT2D eigenvalue weighted by molar-refractivity contribution is 0.0898. The molecular weight excluding hydrogens is 488 g/mol. The second kappa shape index (κ2) is 11.9. The lowest BCUT2D eigenvalue weighted by atomic mass is 10.2. The molecule has 12 heteroatoms. The van der Waals surface area contributed by atoms with Gasteiger partial charge in [0.1, 0.15) is 24.2 Å². The zero-order valence-electron chi connectivity index (χ0n) is 20.7. The molecule has 0 aliphatic heterocycles. The van der Waals surface area contributed by atoms with Gasteiger partial charge in [0.2, 0.25) is 0 Å². The number of carbonyl (C=O) groups is 1. The second-order valence-electron chi connectivity index (χ2n) is 9.22. The van der Waals surface area contributed by atoms with E-state index in [0.717, 1.165) is 18.2 Å². The van der Waals surface area contributed by atoms with E-state index in [-0.39, 0.29) is 30.3 Å². The third kappa shape index (κ3) is 7.00. The van der Waals surface area contributed by atoms with Crippen LogP contribution in [-0.4, -0.2) is 50.5 Å². The molecule has 0 aliphatic carbocycles. The van der Waals surface area contributed by atoms with Gasteiger partial charge >= 0.3 is 6.03 Å². The largest absolute Gasteiger partial charge is 0.450 e. The number of halogens is 2. The predicted octanol–water partition coefficient (Wildman–Crippen LogP) is 5.06. The monoisotopic (exact) mass is 517 g/mol. The Morgan fingerprint density at radius 1 is 1.22 bits per heavy atom. The first-order chi connectivity index (χ1) is 17.1. The number of nitrogens with zero attached hydrogens (tertiary/aromatic N) is 3. The highest BCUT2D eigenvalue weighted by Crippen LogP contribution is 2.35. The molecule has 0 fully saturated rings. The summed E-state index contributed by atoms with van der Waals surface area (Å²) in [6, 6.07) is 5.72. The number of pyridine rings is 1. The van der Waals surface area contributed by atoms with Crippen molar-refractivity contribution in [3.05, 3.63) is 47.8 Å². The summed E-state index contributed by atoms with van der Waals surface area (Å²) < 4.78 is 47.4. The Morgan fingerprint density at radius 3 is 2.58 bits per heavy atom. The van der Waals surface area contributed by atoms with Crippen LogP contribution in [-0.2, 0) is 16.2 Å². The summed E-state index contributed by atoms with van der Waals surface area (Å²) in [4.78, 5) is 16.2. The van der Waals surface area contributed by atoms with E-state index in [1.807, 2.05) is 0 Å². The SMILES string of the molecule is COCCNC(=O)Nc1cc(F)c(Oc2ccnc3c2c(C#N)cn3COCC[Si](C)(C)C)c(F)c1. The minimum atomic E-state index is -1.26. The van der Waals surface area contributed by atoms with Crippen LogP contribution in [0.5, 0.6) is 11.5 Å². The molecule has 36 heavy (non-hydrogen) atoms. The number of ether oxygens (including phenoxy) is 3. The van der Waals surface area contributed by atoms with Gasteiger partial charge in [-0.15, -0.1) is 0 Å². The van der Waals surface area contributed by atoms with Crippen molar-refractivity contribution in [3.63, 3.8) is 0 Å². The zero-order chi connectivity index (χ0) is 26.3. The normalized spacial score (nSPS) is 11.4. The van der Waals surface area contributed by atoms with Gasteiger partial charge in [-0.3, -0.25) is 0 Å². The molecule has 0 spiro atoms. The number of hydrogen-bond acceptors (Lipinski definition) is 6. The van der Waals surface area contributed by atoms with Crippen LogP contribution in [0.25, 0.3) is 11.0 Å². The van der Waals surface area contributed by atoms with Crippen molar-refractivity contribution < 1.29 is 27.8 Å². The number of rotatable bonds is 11. The van der Waals surface area contributed by atoms with Crippen molar-refractivity contribution in [2.75, 3.05) is 32.2 Å². The first-order valence-electron chi connectivity index (χ1n) is 11.3. The lowest BCUT2D eigenvalue weighted by Crippen LogP contribution is -2.31. The third-order valence-corrected chi connectivity index (χ3v) is 6.83. The van der Waals surface area contributed by atoms with Crippen molar-refractivity contribution in [2.24, 2.45) is 0 Å². The second-order valence-corrected chi connectivity index (χ2v) is 14.8. The van der Waals surface area contributed by atoms with E-state index in [2.05, 4.69) is 41.3 Å². The maximum Gasteiger partial charge on any atom is 0.319 e. The number of anilines is 1. The number of nitriles is 1. The van der Waals surface area contributed by atoms with Crippen LogP contribution < -0.4 is 15.4 Å². The highest BCUT2D eigenvalue weighted by Gasteiger charge is 2.20. The fourth-order valence-electron chi connectivity index (χ4n) is 3.28. The number of methoxy groups -OCH3 is 1. The van der Waals surface area contributed by atoms with Crippen molar-refractivity contribution in [1.82, 2.24) is 14.9 Å². The molecule has 1 aromatic carbocycles. The fourth-order valence-corrected chi connectivity index (χ4v) is 4.03. The molecule has 192 valence electrons. The maximum absolute atomic E-state index is 14.8. The molecule has 2 amide bonds. The van der Waals surface area contributed by atoms with Crippen molar-refractivity contribution >= 4 is 30.8 Å². The lowest BCUT2D eigenvalue weighted by Gasteiger charge is -2.15. The van der Waals surface area contributed by atoms with Gasteiger partial charge in [-0.1, -0.05) is 19.6 Å². The summed E-state index contributed by atoms with van der Waals surface area (Å²) >= 11 is 0. The number of fused-ring (bicyclic) bond motifs is 1. The van der Waals surface area contributed by atoms with Crippen LogP contribution >= 0.6 is 0 Å². The van der Waals surface area contributed by atoms with Crippen LogP contribution in [0.15, 0.2) is 30.6 Å². The van der Waals surface area contributed by atoms with Crippen molar-refractivity contribution in [1.29, 1.82) is 5.26 Å². The summed E-state index contributed by atoms with van der Waals surface area (Å²) in [6.45, 7) is 8.03. The molecule has 0 aliphatic rings. The number of amides is 2. The van der Waals surface area contributed by atoms with Gasteiger partial charge < -0.3 is 29.4 Å². The Balaban J connectivity index is 1.81. The minimum absolute atomic E-state index is 0.0632. The average molecular weight is 518 g/mol. The summed E-state index contributed by atoms with van der Waals surface area (Å²) in [5.41, 5.74) is 0.532. The summed E-state index contributed by atoms with van der Waals surface area (Å²) in [6.07, 6.45) is 2.99. The molecule has 0 saturated carbocycles. The van der Waals surface area contributed by atoms with Crippen molar-refractivity contribution in [2.45, 2.75) is 32.4 Å². The van der Waals surface area contributed by atoms with Crippen LogP contribution in [0.1, 0.15) is 5.56 Å². The Bertz CT molecular complexity index is 1250. The average Bonchev–Trinajstić information content (AvgIpc) is 3.17. The first-order valence-corrected chi connectivity index (χ1v) is 15.0. The van der Waals surface area contributed by atoms with Gasteiger partial charge in [0.05, 0.1) is 17.6 Å². The maximum atomic E-state index is 14.8. The minimum Gasteiger partial charge on any atom is -0.450 e. The number of urea groups is 1. The van der Waals surface area contributed by atoms with Gasteiger partial charge in [-0.25, -0.2) is 18.6 Å². The van der Waals surface area contributed by atoms with Crippen LogP contribution in [0.4, 0.5) is 19.3 Å². The van der Waals surface area contributed by atoms with E-state index in [9.17, 15) is 18.8 Å². The van der Waals surface area contributed by atoms with E-state index in [1.165, 1.54) is 19.4 Å². The smallest absolute Gasteiger partial charge is 0.319 e. The molecular formula is C24H29F2N5O4Si. The molecule has 0 atom stereocenters. The summed E-state index contributed by atoms with van der Waals surface area (Å²) in [7, 11) is 0.224. The Kier molecular flexibility index (Phi) is 8.97. The standard InChI is InChI=1S/C24H29F2N5O4Si/c1-33-8-7-29-24(32)30-17-11-18(25)22(19(26)12-17)35-20-5-6-28-23-21(20)16(13-27)14-31(23)15-34-9-10-36(2,3)4/h5-6,11-12,14H,7-10,15H2,1-4H3,(H2,29,30,32). The van der Waals surface area contributed by atoms with Crippen LogP contribution in [0, 0.1) is 23.0 Å². The molecule has 2 aromatic heterocycles. The van der Waals surface area contributed by atoms with E-state index in [4.69, 9.17) is 14.2 Å². The van der Waals surface area contributed by atoms with Gasteiger partial charge in [-0.05, 0) is 12.1 Å². The van der Waals surface area contributed by atoms with E-state index in [0.29, 0.717) is 24.2 Å². The fraction of sp³-hybridized carbons (Fsp3) is 0.375. The van der Waals surface area contributed by atoms with E-state index < -0.39 is 31.5 Å². The molecule has 0 bridgehead atoms. The topological polar surface area (TPSA) is 110 Å². The van der Waals surface area contributed by atoms with Crippen molar-refractivity contribution in [3.8, 4) is 17.6 Å². The highest BCUT2D eigenvalue weighted by atomic mass is 28.3. The number of carbonyl (C=O) groups excluding carboxylic acids is 1. The highest BCUT2D eigenvalue weighted by molar-refractivity contribution is 6.76. The summed E-state index contributed by atoms with van der Waals surface area (Å²) in [5, 5.41) is 14.8. The molecule has 3 aromatic rings. The number of nitrogens with one attached hydrogen (secondary N) is 2. The van der Waals surface area contributed by atoms with E-state index >= 15 is 0 Å². The first kappa shape index (κ1) is 27.1. The Morgan fingerprint density at radius 2 is 1.94 bits per heavy atom. The zero-order valence-corrected chi connectivity index (χ0v) is 21.7. The Hall–Kier alpha value is -3.53.